The maximum atomic E-state index is 12.5. The first-order valence-electron chi connectivity index (χ1n) is 8.34. The number of amides is 1. The molecule has 0 radical (unpaired) electrons. The van der Waals surface area contributed by atoms with Crippen LogP contribution in [0.15, 0.2) is 24.3 Å². The molecule has 122 valence electrons. The second-order valence-corrected chi connectivity index (χ2v) is 6.32. The average molecular weight is 313 g/mol. The average Bonchev–Trinajstić information content (AvgIpc) is 3.02. The van der Waals surface area contributed by atoms with Crippen LogP contribution in [0.2, 0.25) is 0 Å². The molecule has 0 aliphatic carbocycles. The SMILES string of the molecule is N#Cc1ccc(CN2CCCN(C(=O)[C@H]3CCOC3)CC2)cc1. The van der Waals surface area contributed by atoms with Crippen LogP contribution in [-0.4, -0.2) is 55.1 Å². The number of carbonyl (C=O) groups excluding carboxylic acids is 1. The minimum atomic E-state index is 0.0695. The fourth-order valence-corrected chi connectivity index (χ4v) is 3.28. The summed E-state index contributed by atoms with van der Waals surface area (Å²) in [6.07, 6.45) is 1.87. The number of benzene rings is 1. The highest BCUT2D eigenvalue weighted by Crippen LogP contribution is 2.17. The van der Waals surface area contributed by atoms with Crippen molar-refractivity contribution >= 4 is 5.91 Å². The van der Waals surface area contributed by atoms with Crippen LogP contribution in [0, 0.1) is 17.2 Å². The Morgan fingerprint density at radius 1 is 1.22 bits per heavy atom. The van der Waals surface area contributed by atoms with Gasteiger partial charge in [0, 0.05) is 39.3 Å². The Labute approximate surface area is 137 Å². The van der Waals surface area contributed by atoms with Gasteiger partial charge in [-0.05, 0) is 30.5 Å². The number of ether oxygens (including phenoxy) is 1. The van der Waals surface area contributed by atoms with Gasteiger partial charge in [0.05, 0.1) is 24.2 Å². The van der Waals surface area contributed by atoms with Crippen molar-refractivity contribution in [2.75, 3.05) is 39.4 Å². The van der Waals surface area contributed by atoms with Gasteiger partial charge >= 0.3 is 0 Å². The van der Waals surface area contributed by atoms with E-state index in [4.69, 9.17) is 10.00 Å². The predicted molar refractivity (Wildman–Crippen MR) is 86.6 cm³/mol. The maximum Gasteiger partial charge on any atom is 0.228 e. The molecule has 2 fully saturated rings. The highest BCUT2D eigenvalue weighted by molar-refractivity contribution is 5.79. The molecular weight excluding hydrogens is 290 g/mol. The summed E-state index contributed by atoms with van der Waals surface area (Å²) in [5.74, 6) is 0.336. The van der Waals surface area contributed by atoms with Crippen molar-refractivity contribution in [1.82, 2.24) is 9.80 Å². The molecular formula is C18H23N3O2. The van der Waals surface area contributed by atoms with Crippen molar-refractivity contribution in [2.45, 2.75) is 19.4 Å². The van der Waals surface area contributed by atoms with Crippen LogP contribution in [0.25, 0.3) is 0 Å². The molecule has 1 aromatic carbocycles. The van der Waals surface area contributed by atoms with E-state index in [1.54, 1.807) is 0 Å². The zero-order chi connectivity index (χ0) is 16.1. The van der Waals surface area contributed by atoms with E-state index in [2.05, 4.69) is 11.0 Å². The van der Waals surface area contributed by atoms with Crippen LogP contribution in [0.4, 0.5) is 0 Å². The fraction of sp³-hybridized carbons (Fsp3) is 0.556. The fourth-order valence-electron chi connectivity index (χ4n) is 3.28. The van der Waals surface area contributed by atoms with Crippen LogP contribution >= 0.6 is 0 Å². The topological polar surface area (TPSA) is 56.6 Å². The molecule has 0 spiro atoms. The molecule has 2 aliphatic rings. The first-order chi connectivity index (χ1) is 11.3. The number of nitrogens with zero attached hydrogens (tertiary/aromatic N) is 3. The van der Waals surface area contributed by atoms with Crippen molar-refractivity contribution in [3.05, 3.63) is 35.4 Å². The van der Waals surface area contributed by atoms with Crippen LogP contribution < -0.4 is 0 Å². The Morgan fingerprint density at radius 2 is 2.04 bits per heavy atom. The van der Waals surface area contributed by atoms with Gasteiger partial charge in [0.2, 0.25) is 5.91 Å². The van der Waals surface area contributed by atoms with Gasteiger partial charge in [-0.25, -0.2) is 0 Å². The molecule has 23 heavy (non-hydrogen) atoms. The summed E-state index contributed by atoms with van der Waals surface area (Å²) in [4.78, 5) is 16.9. The molecule has 2 saturated heterocycles. The van der Waals surface area contributed by atoms with E-state index < -0.39 is 0 Å². The molecule has 5 heteroatoms. The highest BCUT2D eigenvalue weighted by Gasteiger charge is 2.29. The van der Waals surface area contributed by atoms with Gasteiger partial charge in [-0.15, -0.1) is 0 Å². The van der Waals surface area contributed by atoms with E-state index in [0.29, 0.717) is 12.2 Å². The molecule has 2 aliphatic heterocycles. The summed E-state index contributed by atoms with van der Waals surface area (Å²) >= 11 is 0. The Morgan fingerprint density at radius 3 is 2.74 bits per heavy atom. The monoisotopic (exact) mass is 313 g/mol. The summed E-state index contributed by atoms with van der Waals surface area (Å²) in [5, 5.41) is 8.85. The van der Waals surface area contributed by atoms with Crippen molar-refractivity contribution in [2.24, 2.45) is 5.92 Å². The van der Waals surface area contributed by atoms with Crippen molar-refractivity contribution in [3.63, 3.8) is 0 Å². The standard InChI is InChI=1S/C18H23N3O2/c19-12-15-2-4-16(5-3-15)13-20-7-1-8-21(10-9-20)18(22)17-6-11-23-14-17/h2-5,17H,1,6-11,13-14H2/t17-/m0/s1. The molecule has 0 N–H and O–H groups in total. The molecule has 2 heterocycles. The van der Waals surface area contributed by atoms with E-state index in [0.717, 1.165) is 52.2 Å². The predicted octanol–water partition coefficient (Wildman–Crippen LogP) is 1.63. The highest BCUT2D eigenvalue weighted by atomic mass is 16.5. The third kappa shape index (κ3) is 4.10. The van der Waals surface area contributed by atoms with Gasteiger partial charge in [0.1, 0.15) is 0 Å². The van der Waals surface area contributed by atoms with E-state index in [-0.39, 0.29) is 11.8 Å². The minimum Gasteiger partial charge on any atom is -0.381 e. The first kappa shape index (κ1) is 16.0. The molecule has 1 aromatic rings. The van der Waals surface area contributed by atoms with Gasteiger partial charge in [0.15, 0.2) is 0 Å². The van der Waals surface area contributed by atoms with Crippen LogP contribution in [-0.2, 0) is 16.1 Å². The second-order valence-electron chi connectivity index (χ2n) is 6.32. The second kappa shape index (κ2) is 7.58. The molecule has 0 bridgehead atoms. The largest absolute Gasteiger partial charge is 0.381 e. The molecule has 0 aromatic heterocycles. The summed E-state index contributed by atoms with van der Waals surface area (Å²) < 4.78 is 5.34. The van der Waals surface area contributed by atoms with Gasteiger partial charge < -0.3 is 9.64 Å². The number of carbonyl (C=O) groups is 1. The summed E-state index contributed by atoms with van der Waals surface area (Å²) in [6.45, 7) is 5.73. The van der Waals surface area contributed by atoms with Crippen LogP contribution in [0.5, 0.6) is 0 Å². The zero-order valence-corrected chi connectivity index (χ0v) is 13.4. The Kier molecular flexibility index (Phi) is 5.27. The summed E-state index contributed by atoms with van der Waals surface area (Å²) in [5.41, 5.74) is 1.91. The van der Waals surface area contributed by atoms with Crippen molar-refractivity contribution < 1.29 is 9.53 Å². The van der Waals surface area contributed by atoms with Gasteiger partial charge in [-0.1, -0.05) is 12.1 Å². The summed E-state index contributed by atoms with van der Waals surface area (Å²) in [7, 11) is 0. The molecule has 0 saturated carbocycles. The maximum absolute atomic E-state index is 12.5. The zero-order valence-electron chi connectivity index (χ0n) is 13.4. The molecule has 1 atom stereocenters. The van der Waals surface area contributed by atoms with Crippen LogP contribution in [0.1, 0.15) is 24.0 Å². The number of nitriles is 1. The van der Waals surface area contributed by atoms with Gasteiger partial charge in [-0.3, -0.25) is 9.69 Å². The van der Waals surface area contributed by atoms with Gasteiger partial charge in [0.25, 0.3) is 0 Å². The lowest BCUT2D eigenvalue weighted by Gasteiger charge is -2.24. The Bertz CT molecular complexity index is 573. The van der Waals surface area contributed by atoms with Crippen molar-refractivity contribution in [1.29, 1.82) is 5.26 Å². The van der Waals surface area contributed by atoms with Crippen LogP contribution in [0.3, 0.4) is 0 Å². The molecule has 3 rings (SSSR count). The lowest BCUT2D eigenvalue weighted by Crippen LogP contribution is -2.39. The van der Waals surface area contributed by atoms with E-state index in [9.17, 15) is 4.79 Å². The smallest absolute Gasteiger partial charge is 0.228 e. The number of hydrogen-bond donors (Lipinski definition) is 0. The molecule has 1 amide bonds. The van der Waals surface area contributed by atoms with E-state index in [1.165, 1.54) is 5.56 Å². The normalized spacial score (nSPS) is 22.6. The number of hydrogen-bond acceptors (Lipinski definition) is 4. The Balaban J connectivity index is 1.53. The summed E-state index contributed by atoms with van der Waals surface area (Å²) in [6, 6.07) is 9.91. The van der Waals surface area contributed by atoms with Gasteiger partial charge in [-0.2, -0.15) is 5.26 Å². The quantitative estimate of drug-likeness (QED) is 0.851. The number of rotatable bonds is 3. The minimum absolute atomic E-state index is 0.0695. The first-order valence-corrected chi connectivity index (χ1v) is 8.34. The third-order valence-electron chi connectivity index (χ3n) is 4.67. The molecule has 5 nitrogen and oxygen atoms in total. The Hall–Kier alpha value is -1.90. The lowest BCUT2D eigenvalue weighted by atomic mass is 10.1. The molecule has 0 unspecified atom stereocenters. The van der Waals surface area contributed by atoms with Crippen molar-refractivity contribution in [3.8, 4) is 6.07 Å². The third-order valence-corrected chi connectivity index (χ3v) is 4.67. The van der Waals surface area contributed by atoms with E-state index in [1.807, 2.05) is 29.2 Å². The van der Waals surface area contributed by atoms with E-state index >= 15 is 0 Å². The lowest BCUT2D eigenvalue weighted by molar-refractivity contribution is -0.135.